The lowest BCUT2D eigenvalue weighted by molar-refractivity contribution is 0.0503. The summed E-state index contributed by atoms with van der Waals surface area (Å²) in [6, 6.07) is 10.8. The number of aliphatic hydroxyl groups excluding tert-OH is 1. The van der Waals surface area contributed by atoms with Gasteiger partial charge in [0.2, 0.25) is 0 Å². The first-order chi connectivity index (χ1) is 11.3. The summed E-state index contributed by atoms with van der Waals surface area (Å²) in [5.74, 6) is 1.81. The van der Waals surface area contributed by atoms with Crippen LogP contribution < -0.4 is 9.47 Å². The van der Waals surface area contributed by atoms with Gasteiger partial charge in [-0.1, -0.05) is 6.07 Å². The van der Waals surface area contributed by atoms with E-state index in [4.69, 9.17) is 19.3 Å². The van der Waals surface area contributed by atoms with Crippen LogP contribution in [-0.4, -0.2) is 37.2 Å². The zero-order valence-electron chi connectivity index (χ0n) is 12.9. The monoisotopic (exact) mass is 317 g/mol. The third kappa shape index (κ3) is 5.65. The fraction of sp³-hybridized carbons (Fsp3) is 0.312. The molecule has 7 nitrogen and oxygen atoms in total. The molecule has 0 aliphatic rings. The maximum Gasteiger partial charge on any atom is 0.188 e. The highest BCUT2D eigenvalue weighted by Gasteiger charge is 2.06. The molecule has 0 atom stereocenters. The number of azo groups is 1. The topological polar surface area (TPSA) is 85.5 Å². The van der Waals surface area contributed by atoms with Gasteiger partial charge < -0.3 is 19.3 Å². The fourth-order valence-electron chi connectivity index (χ4n) is 1.79. The summed E-state index contributed by atoms with van der Waals surface area (Å²) < 4.78 is 15.8. The van der Waals surface area contributed by atoms with Crippen LogP contribution in [0.3, 0.4) is 0 Å². The van der Waals surface area contributed by atoms with E-state index in [0.29, 0.717) is 23.9 Å². The first-order valence-corrected chi connectivity index (χ1v) is 7.10. The van der Waals surface area contributed by atoms with E-state index in [0.717, 1.165) is 5.56 Å². The first-order valence-electron chi connectivity index (χ1n) is 7.10. The van der Waals surface area contributed by atoms with Crippen molar-refractivity contribution < 1.29 is 19.3 Å². The maximum atomic E-state index is 8.83. The lowest BCUT2D eigenvalue weighted by atomic mass is 10.2. The number of pyridine rings is 1. The van der Waals surface area contributed by atoms with Gasteiger partial charge in [0.1, 0.15) is 18.1 Å². The number of nitrogens with zero attached hydrogens (tertiary/aromatic N) is 3. The minimum Gasteiger partial charge on any atom is -0.491 e. The second-order valence-corrected chi connectivity index (χ2v) is 4.48. The highest BCUT2D eigenvalue weighted by molar-refractivity contribution is 5.40. The summed E-state index contributed by atoms with van der Waals surface area (Å²) in [5.41, 5.74) is 0.803. The molecule has 0 aliphatic carbocycles. The van der Waals surface area contributed by atoms with Crippen LogP contribution in [0.2, 0.25) is 0 Å². The molecule has 0 amide bonds. The van der Waals surface area contributed by atoms with Gasteiger partial charge in [0.15, 0.2) is 12.6 Å². The van der Waals surface area contributed by atoms with Crippen molar-refractivity contribution in [3.8, 4) is 11.5 Å². The number of aromatic nitrogens is 1. The molecule has 1 aromatic carbocycles. The second-order valence-electron chi connectivity index (χ2n) is 4.48. The molecule has 0 saturated carbocycles. The Hall–Kier alpha value is -2.51. The Bertz CT molecular complexity index is 620. The van der Waals surface area contributed by atoms with E-state index < -0.39 is 0 Å². The number of rotatable bonds is 9. The van der Waals surface area contributed by atoms with Crippen LogP contribution in [0.25, 0.3) is 0 Å². The smallest absolute Gasteiger partial charge is 0.188 e. The van der Waals surface area contributed by atoms with E-state index in [-0.39, 0.29) is 20.0 Å². The Morgan fingerprint density at radius 2 is 2.09 bits per heavy atom. The summed E-state index contributed by atoms with van der Waals surface area (Å²) in [7, 11) is 1.55. The van der Waals surface area contributed by atoms with Crippen LogP contribution in [0.1, 0.15) is 5.56 Å². The maximum absolute atomic E-state index is 8.83. The minimum absolute atomic E-state index is 0.0450. The SMILES string of the molecule is COCOc1ccc(OCCO)cc1CN=Nc1ccccn1. The van der Waals surface area contributed by atoms with Crippen molar-refractivity contribution in [2.45, 2.75) is 6.54 Å². The number of methoxy groups -OCH3 is 1. The van der Waals surface area contributed by atoms with Crippen molar-refractivity contribution in [2.24, 2.45) is 10.2 Å². The number of aliphatic hydroxyl groups is 1. The molecule has 2 rings (SSSR count). The number of ether oxygens (including phenoxy) is 3. The summed E-state index contributed by atoms with van der Waals surface area (Å²) in [6.45, 7) is 0.636. The van der Waals surface area contributed by atoms with Gasteiger partial charge in [0, 0.05) is 18.9 Å². The zero-order chi connectivity index (χ0) is 16.3. The predicted molar refractivity (Wildman–Crippen MR) is 84.0 cm³/mol. The molecule has 0 spiro atoms. The molecule has 122 valence electrons. The van der Waals surface area contributed by atoms with Gasteiger partial charge in [0.05, 0.1) is 13.2 Å². The van der Waals surface area contributed by atoms with Crippen molar-refractivity contribution in [2.75, 3.05) is 27.1 Å². The second kappa shape index (κ2) is 9.50. The Morgan fingerprint density at radius 1 is 1.17 bits per heavy atom. The molecule has 0 radical (unpaired) electrons. The molecule has 0 unspecified atom stereocenters. The summed E-state index contributed by atoms with van der Waals surface area (Å²) in [6.07, 6.45) is 1.66. The van der Waals surface area contributed by atoms with Crippen molar-refractivity contribution in [1.29, 1.82) is 0 Å². The van der Waals surface area contributed by atoms with Crippen molar-refractivity contribution in [3.63, 3.8) is 0 Å². The average molecular weight is 317 g/mol. The normalized spacial score (nSPS) is 10.9. The standard InChI is InChI=1S/C16H19N3O4/c1-21-12-23-15-6-5-14(22-9-8-20)10-13(15)11-18-19-16-4-2-3-7-17-16/h2-7,10,20H,8-9,11-12H2,1H3. The zero-order valence-corrected chi connectivity index (χ0v) is 12.9. The van der Waals surface area contributed by atoms with Gasteiger partial charge in [-0.05, 0) is 30.3 Å². The van der Waals surface area contributed by atoms with Crippen LogP contribution in [0.4, 0.5) is 5.82 Å². The van der Waals surface area contributed by atoms with Gasteiger partial charge in [-0.15, -0.1) is 5.11 Å². The van der Waals surface area contributed by atoms with Crippen LogP contribution in [-0.2, 0) is 11.3 Å². The third-order valence-corrected chi connectivity index (χ3v) is 2.79. The van der Waals surface area contributed by atoms with Gasteiger partial charge in [-0.2, -0.15) is 5.11 Å². The van der Waals surface area contributed by atoms with Crippen LogP contribution >= 0.6 is 0 Å². The molecule has 0 saturated heterocycles. The summed E-state index contributed by atoms with van der Waals surface area (Å²) in [4.78, 5) is 4.08. The Morgan fingerprint density at radius 3 is 2.83 bits per heavy atom. The highest BCUT2D eigenvalue weighted by atomic mass is 16.7. The lowest BCUT2D eigenvalue weighted by Crippen LogP contribution is -2.04. The van der Waals surface area contributed by atoms with E-state index in [1.54, 1.807) is 37.6 Å². The first kappa shape index (κ1) is 16.9. The minimum atomic E-state index is -0.0450. The van der Waals surface area contributed by atoms with Gasteiger partial charge in [0.25, 0.3) is 0 Å². The fourth-order valence-corrected chi connectivity index (χ4v) is 1.79. The van der Waals surface area contributed by atoms with Crippen molar-refractivity contribution in [1.82, 2.24) is 4.98 Å². The number of benzene rings is 1. The molecule has 1 N–H and O–H groups in total. The molecule has 7 heteroatoms. The van der Waals surface area contributed by atoms with E-state index in [2.05, 4.69) is 15.2 Å². The van der Waals surface area contributed by atoms with Gasteiger partial charge in [-0.25, -0.2) is 4.98 Å². The molecule has 23 heavy (non-hydrogen) atoms. The summed E-state index contributed by atoms with van der Waals surface area (Å²) >= 11 is 0. The lowest BCUT2D eigenvalue weighted by Gasteiger charge is -2.11. The molecule has 1 heterocycles. The van der Waals surface area contributed by atoms with Crippen molar-refractivity contribution in [3.05, 3.63) is 48.2 Å². The van der Waals surface area contributed by atoms with Gasteiger partial charge in [-0.3, -0.25) is 0 Å². The van der Waals surface area contributed by atoms with E-state index in [1.807, 2.05) is 12.1 Å². The quantitative estimate of drug-likeness (QED) is 0.568. The van der Waals surface area contributed by atoms with E-state index >= 15 is 0 Å². The van der Waals surface area contributed by atoms with Crippen LogP contribution in [0.5, 0.6) is 11.5 Å². The molecular weight excluding hydrogens is 298 g/mol. The number of hydrogen-bond acceptors (Lipinski definition) is 7. The third-order valence-electron chi connectivity index (χ3n) is 2.79. The highest BCUT2D eigenvalue weighted by Crippen LogP contribution is 2.25. The number of hydrogen-bond donors (Lipinski definition) is 1. The molecule has 0 bridgehead atoms. The predicted octanol–water partition coefficient (Wildman–Crippen LogP) is 2.72. The Balaban J connectivity index is 2.10. The average Bonchev–Trinajstić information content (AvgIpc) is 2.60. The Kier molecular flexibility index (Phi) is 6.96. The summed E-state index contributed by atoms with van der Waals surface area (Å²) in [5, 5.41) is 17.0. The van der Waals surface area contributed by atoms with Crippen molar-refractivity contribution >= 4 is 5.82 Å². The molecular formula is C16H19N3O4. The van der Waals surface area contributed by atoms with Gasteiger partial charge >= 0.3 is 0 Å². The molecule has 0 aliphatic heterocycles. The molecule has 1 aromatic heterocycles. The molecule has 0 fully saturated rings. The largest absolute Gasteiger partial charge is 0.491 e. The van der Waals surface area contributed by atoms with Crippen LogP contribution in [0, 0.1) is 0 Å². The van der Waals surface area contributed by atoms with E-state index in [9.17, 15) is 0 Å². The Labute approximate surface area is 134 Å². The van der Waals surface area contributed by atoms with Crippen LogP contribution in [0.15, 0.2) is 52.8 Å². The molecule has 2 aromatic rings. The van der Waals surface area contributed by atoms with E-state index in [1.165, 1.54) is 0 Å².